The minimum atomic E-state index is -0.977. The first-order valence-electron chi connectivity index (χ1n) is 5.53. The van der Waals surface area contributed by atoms with E-state index >= 15 is 0 Å². The second-order valence-electron chi connectivity index (χ2n) is 5.54. The lowest BCUT2D eigenvalue weighted by atomic mass is 10.1. The Morgan fingerprint density at radius 2 is 1.94 bits per heavy atom. The first kappa shape index (κ1) is 13.3. The van der Waals surface area contributed by atoms with Crippen LogP contribution in [0.3, 0.4) is 0 Å². The van der Waals surface area contributed by atoms with E-state index in [1.807, 2.05) is 32.7 Å². The highest BCUT2D eigenvalue weighted by atomic mass is 16.6. The highest BCUT2D eigenvalue weighted by molar-refractivity contribution is 5.68. The number of carbonyl (C=O) groups is 1. The van der Waals surface area contributed by atoms with Crippen molar-refractivity contribution in [3.05, 3.63) is 0 Å². The highest BCUT2D eigenvalue weighted by Crippen LogP contribution is 2.18. The number of hydrogen-bond acceptors (Lipinski definition) is 4. The lowest BCUT2D eigenvalue weighted by Gasteiger charge is -2.43. The molecule has 0 aromatic heterocycles. The molecule has 16 heavy (non-hydrogen) atoms. The fourth-order valence-corrected chi connectivity index (χ4v) is 1.56. The van der Waals surface area contributed by atoms with Gasteiger partial charge >= 0.3 is 6.09 Å². The largest absolute Gasteiger partial charge is 0.444 e. The van der Waals surface area contributed by atoms with Gasteiger partial charge in [0, 0.05) is 13.1 Å². The van der Waals surface area contributed by atoms with Gasteiger partial charge in [0.05, 0.1) is 6.54 Å². The van der Waals surface area contributed by atoms with E-state index in [-0.39, 0.29) is 12.6 Å². The Labute approximate surface area is 97.0 Å². The van der Waals surface area contributed by atoms with Crippen LogP contribution in [0.5, 0.6) is 0 Å². The Hall–Kier alpha value is -0.810. The number of likely N-dealkylation sites (N-methyl/N-ethyl adjacent to an activating group) is 1. The molecule has 1 saturated heterocycles. The molecule has 0 radical (unpaired) electrons. The van der Waals surface area contributed by atoms with Gasteiger partial charge in [-0.1, -0.05) is 0 Å². The molecule has 0 aromatic carbocycles. The van der Waals surface area contributed by atoms with E-state index in [0.717, 1.165) is 0 Å². The Morgan fingerprint density at radius 1 is 1.38 bits per heavy atom. The molecule has 0 spiro atoms. The molecule has 1 N–H and O–H groups in total. The van der Waals surface area contributed by atoms with Crippen molar-refractivity contribution in [2.24, 2.45) is 0 Å². The molecule has 1 aliphatic rings. The van der Waals surface area contributed by atoms with Gasteiger partial charge < -0.3 is 14.7 Å². The van der Waals surface area contributed by atoms with E-state index in [2.05, 4.69) is 0 Å². The van der Waals surface area contributed by atoms with Crippen LogP contribution in [0.1, 0.15) is 27.7 Å². The maximum Gasteiger partial charge on any atom is 0.410 e. The van der Waals surface area contributed by atoms with Crippen LogP contribution in [0.2, 0.25) is 0 Å². The number of β-amino-alcohol motifs (C(OH)–C–C–N with tert-alkyl or cyclic N) is 1. The van der Waals surface area contributed by atoms with Crippen molar-refractivity contribution in [3.63, 3.8) is 0 Å². The number of aliphatic hydroxyl groups is 1. The molecule has 0 bridgehead atoms. The molecule has 1 heterocycles. The van der Waals surface area contributed by atoms with E-state index in [0.29, 0.717) is 13.1 Å². The van der Waals surface area contributed by atoms with Crippen LogP contribution >= 0.6 is 0 Å². The topological polar surface area (TPSA) is 53.0 Å². The zero-order chi connectivity index (χ0) is 12.6. The van der Waals surface area contributed by atoms with Crippen LogP contribution in [0.15, 0.2) is 0 Å². The Morgan fingerprint density at radius 3 is 2.38 bits per heavy atom. The normalized spacial score (nSPS) is 28.0. The third kappa shape index (κ3) is 3.35. The van der Waals surface area contributed by atoms with Gasteiger partial charge in [-0.3, -0.25) is 4.90 Å². The van der Waals surface area contributed by atoms with Gasteiger partial charge in [-0.2, -0.15) is 0 Å². The first-order chi connectivity index (χ1) is 7.12. The first-order valence-corrected chi connectivity index (χ1v) is 5.53. The summed E-state index contributed by atoms with van der Waals surface area (Å²) >= 11 is 0. The van der Waals surface area contributed by atoms with Crippen LogP contribution in [0.4, 0.5) is 4.79 Å². The molecule has 0 aliphatic carbocycles. The Kier molecular flexibility index (Phi) is 3.50. The molecular weight excluding hydrogens is 208 g/mol. The van der Waals surface area contributed by atoms with Gasteiger partial charge in [0.1, 0.15) is 11.3 Å². The summed E-state index contributed by atoms with van der Waals surface area (Å²) in [5, 5.41) is 10.0. The molecule has 1 atom stereocenters. The quantitative estimate of drug-likeness (QED) is 0.671. The lowest BCUT2D eigenvalue weighted by molar-refractivity contribution is -0.125. The number of nitrogens with zero attached hydrogens (tertiary/aromatic N) is 2. The summed E-state index contributed by atoms with van der Waals surface area (Å²) in [6.45, 7) is 8.70. The van der Waals surface area contributed by atoms with Crippen molar-refractivity contribution >= 4 is 6.09 Å². The third-order valence-electron chi connectivity index (χ3n) is 2.67. The number of hydrogen-bond donors (Lipinski definition) is 1. The number of amides is 1. The van der Waals surface area contributed by atoms with Gasteiger partial charge in [0.25, 0.3) is 0 Å². The second kappa shape index (κ2) is 4.22. The molecule has 1 aliphatic heterocycles. The van der Waals surface area contributed by atoms with E-state index < -0.39 is 11.3 Å². The van der Waals surface area contributed by atoms with E-state index in [1.165, 1.54) is 0 Å². The minimum Gasteiger partial charge on any atom is -0.444 e. The van der Waals surface area contributed by atoms with E-state index in [1.54, 1.807) is 11.8 Å². The van der Waals surface area contributed by atoms with E-state index in [9.17, 15) is 9.90 Å². The summed E-state index contributed by atoms with van der Waals surface area (Å²) < 4.78 is 5.26. The lowest BCUT2D eigenvalue weighted by Crippen LogP contribution is -2.60. The SMILES string of the molecule is CN1CCN(C(=O)OC(C)(C)C)C[C@]1(C)O. The van der Waals surface area contributed by atoms with E-state index in [4.69, 9.17) is 4.74 Å². The van der Waals surface area contributed by atoms with Gasteiger partial charge in [-0.15, -0.1) is 0 Å². The van der Waals surface area contributed by atoms with Crippen molar-refractivity contribution < 1.29 is 14.6 Å². The highest BCUT2D eigenvalue weighted by Gasteiger charge is 2.36. The summed E-state index contributed by atoms with van der Waals surface area (Å²) in [5.74, 6) is 0. The molecule has 0 aromatic rings. The van der Waals surface area contributed by atoms with Crippen molar-refractivity contribution in [1.29, 1.82) is 0 Å². The van der Waals surface area contributed by atoms with Crippen LogP contribution in [-0.2, 0) is 4.74 Å². The molecule has 1 amide bonds. The van der Waals surface area contributed by atoms with Crippen molar-refractivity contribution in [2.75, 3.05) is 26.7 Å². The van der Waals surface area contributed by atoms with Crippen LogP contribution in [0, 0.1) is 0 Å². The smallest absolute Gasteiger partial charge is 0.410 e. The monoisotopic (exact) mass is 230 g/mol. The summed E-state index contributed by atoms with van der Waals surface area (Å²) in [5.41, 5.74) is -1.47. The number of piperazine rings is 1. The maximum atomic E-state index is 11.8. The van der Waals surface area contributed by atoms with Gasteiger partial charge in [-0.25, -0.2) is 4.79 Å². The minimum absolute atomic E-state index is 0.276. The summed E-state index contributed by atoms with van der Waals surface area (Å²) in [6, 6.07) is 0. The molecule has 5 nitrogen and oxygen atoms in total. The Balaban J connectivity index is 2.60. The maximum absolute atomic E-state index is 11.8. The predicted octanol–water partition coefficient (Wildman–Crippen LogP) is 0.877. The van der Waals surface area contributed by atoms with Crippen molar-refractivity contribution in [1.82, 2.24) is 9.80 Å². The number of rotatable bonds is 0. The Bertz CT molecular complexity index is 271. The molecule has 1 fully saturated rings. The summed E-state index contributed by atoms with van der Waals surface area (Å²) in [4.78, 5) is 15.2. The number of carbonyl (C=O) groups excluding carboxylic acids is 1. The molecule has 0 saturated carbocycles. The van der Waals surface area contributed by atoms with Crippen LogP contribution in [0.25, 0.3) is 0 Å². The fourth-order valence-electron chi connectivity index (χ4n) is 1.56. The molecular formula is C11H22N2O3. The molecule has 1 rings (SSSR count). The van der Waals surface area contributed by atoms with Crippen molar-refractivity contribution in [3.8, 4) is 0 Å². The fraction of sp³-hybridized carbons (Fsp3) is 0.909. The van der Waals surface area contributed by atoms with Gasteiger partial charge in [-0.05, 0) is 34.7 Å². The zero-order valence-electron chi connectivity index (χ0n) is 10.8. The standard InChI is InChI=1S/C11H22N2O3/c1-10(2,3)16-9(14)13-7-6-12(5)11(4,15)8-13/h15H,6-8H2,1-5H3/t11-/m0/s1. The molecule has 5 heteroatoms. The number of ether oxygens (including phenoxy) is 1. The molecule has 0 unspecified atom stereocenters. The molecule has 94 valence electrons. The van der Waals surface area contributed by atoms with Crippen molar-refractivity contribution in [2.45, 2.75) is 39.0 Å². The summed E-state index contributed by atoms with van der Waals surface area (Å²) in [7, 11) is 1.84. The average Bonchev–Trinajstić information content (AvgIpc) is 2.06. The van der Waals surface area contributed by atoms with Crippen LogP contribution < -0.4 is 0 Å². The average molecular weight is 230 g/mol. The zero-order valence-corrected chi connectivity index (χ0v) is 10.8. The van der Waals surface area contributed by atoms with Crippen LogP contribution in [-0.4, -0.2) is 59.0 Å². The second-order valence-corrected chi connectivity index (χ2v) is 5.54. The predicted molar refractivity (Wildman–Crippen MR) is 61.1 cm³/mol. The third-order valence-corrected chi connectivity index (χ3v) is 2.67. The van der Waals surface area contributed by atoms with Gasteiger partial charge in [0.15, 0.2) is 0 Å². The summed E-state index contributed by atoms with van der Waals surface area (Å²) in [6.07, 6.45) is -0.360. The van der Waals surface area contributed by atoms with Gasteiger partial charge in [0.2, 0.25) is 0 Å².